The number of likely N-dealkylation sites (tertiary alicyclic amines) is 1. The van der Waals surface area contributed by atoms with Crippen LogP contribution in [0.15, 0.2) is 47.5 Å². The van der Waals surface area contributed by atoms with Crippen LogP contribution in [0.1, 0.15) is 52.5 Å². The third kappa shape index (κ3) is 3.59. The maximum atomic E-state index is 15.3. The van der Waals surface area contributed by atoms with Gasteiger partial charge in [-0.3, -0.25) is 9.79 Å². The van der Waals surface area contributed by atoms with Gasteiger partial charge in [-0.15, -0.1) is 0 Å². The number of aryl methyl sites for hydroxylation is 1. The molecule has 2 unspecified atom stereocenters. The Kier molecular flexibility index (Phi) is 5.02. The van der Waals surface area contributed by atoms with E-state index in [0.29, 0.717) is 29.9 Å². The lowest BCUT2D eigenvalue weighted by molar-refractivity contribution is -0.0598. The van der Waals surface area contributed by atoms with Crippen LogP contribution in [-0.2, 0) is 10.4 Å². The van der Waals surface area contributed by atoms with Crippen LogP contribution in [0.2, 0.25) is 0 Å². The lowest BCUT2D eigenvalue weighted by Crippen LogP contribution is -2.58. The van der Waals surface area contributed by atoms with Gasteiger partial charge in [0.15, 0.2) is 5.67 Å². The molecule has 2 atom stereocenters. The normalized spacial score (nSPS) is 24.7. The standard InChI is InChI=1S/C26H27FN4O2/c1-16-4-7-19(10-21(16)22-17(2)29-24(30-22)25(3)14-33-15-25)23(32)31-12-26(27,13-31)20-8-5-18(11-28)6-9-20/h4-10,17,22H,12-15H2,1-3H3,(H,29,30). The average molecular weight is 447 g/mol. The number of nitrogens with zero attached hydrogens (tertiary/aromatic N) is 3. The van der Waals surface area contributed by atoms with E-state index in [1.54, 1.807) is 30.3 Å². The van der Waals surface area contributed by atoms with E-state index in [9.17, 15) is 4.79 Å². The fourth-order valence-electron chi connectivity index (χ4n) is 4.80. The number of carbonyl (C=O) groups is 1. The summed E-state index contributed by atoms with van der Waals surface area (Å²) >= 11 is 0. The number of hydrogen-bond donors (Lipinski definition) is 1. The van der Waals surface area contributed by atoms with Gasteiger partial charge in [0.05, 0.1) is 55.4 Å². The zero-order valence-corrected chi connectivity index (χ0v) is 19.1. The first-order chi connectivity index (χ1) is 15.7. The minimum absolute atomic E-state index is 0.00296. The summed E-state index contributed by atoms with van der Waals surface area (Å²) in [7, 11) is 0. The van der Waals surface area contributed by atoms with Gasteiger partial charge in [0.25, 0.3) is 5.91 Å². The number of nitriles is 1. The molecule has 5 rings (SSSR count). The maximum absolute atomic E-state index is 15.3. The number of hydrogen-bond acceptors (Lipinski definition) is 5. The average Bonchev–Trinajstić information content (AvgIpc) is 3.17. The van der Waals surface area contributed by atoms with E-state index >= 15 is 4.39 Å². The largest absolute Gasteiger partial charge is 0.379 e. The Labute approximate surface area is 193 Å². The summed E-state index contributed by atoms with van der Waals surface area (Å²) in [6, 6.07) is 14.2. The lowest BCUT2D eigenvalue weighted by Gasteiger charge is -2.44. The van der Waals surface area contributed by atoms with Gasteiger partial charge < -0.3 is 15.0 Å². The van der Waals surface area contributed by atoms with E-state index in [1.165, 1.54) is 4.90 Å². The van der Waals surface area contributed by atoms with E-state index in [-0.39, 0.29) is 36.5 Å². The van der Waals surface area contributed by atoms with Crippen molar-refractivity contribution in [3.8, 4) is 6.07 Å². The molecule has 0 saturated carbocycles. The van der Waals surface area contributed by atoms with Gasteiger partial charge in [-0.25, -0.2) is 4.39 Å². The Balaban J connectivity index is 1.33. The minimum Gasteiger partial charge on any atom is -0.379 e. The topological polar surface area (TPSA) is 77.7 Å². The molecule has 0 aromatic heterocycles. The molecule has 6 nitrogen and oxygen atoms in total. The van der Waals surface area contributed by atoms with Gasteiger partial charge in [0.2, 0.25) is 0 Å². The molecule has 3 heterocycles. The molecule has 7 heteroatoms. The highest BCUT2D eigenvalue weighted by Gasteiger charge is 2.47. The first-order valence-corrected chi connectivity index (χ1v) is 11.2. The summed E-state index contributed by atoms with van der Waals surface area (Å²) in [5.41, 5.74) is 1.97. The predicted molar refractivity (Wildman–Crippen MR) is 123 cm³/mol. The highest BCUT2D eigenvalue weighted by molar-refractivity contribution is 5.95. The third-order valence-corrected chi connectivity index (χ3v) is 7.07. The summed E-state index contributed by atoms with van der Waals surface area (Å²) in [6.07, 6.45) is 0. The molecule has 1 N–H and O–H groups in total. The molecule has 0 aliphatic carbocycles. The number of amidine groups is 1. The van der Waals surface area contributed by atoms with Gasteiger partial charge >= 0.3 is 0 Å². The minimum atomic E-state index is -1.58. The van der Waals surface area contributed by atoms with Crippen LogP contribution >= 0.6 is 0 Å². The third-order valence-electron chi connectivity index (χ3n) is 7.07. The molecule has 2 saturated heterocycles. The van der Waals surface area contributed by atoms with E-state index in [0.717, 1.165) is 17.0 Å². The van der Waals surface area contributed by atoms with Crippen molar-refractivity contribution >= 4 is 11.7 Å². The summed E-state index contributed by atoms with van der Waals surface area (Å²) < 4.78 is 20.7. The second-order valence-electron chi connectivity index (χ2n) is 9.80. The SMILES string of the molecule is Cc1ccc(C(=O)N2CC(F)(c3ccc(C#N)cc3)C2)cc1C1N=C(C2(C)COC2)NC1C. The molecule has 3 aliphatic heterocycles. The van der Waals surface area contributed by atoms with Gasteiger partial charge in [-0.2, -0.15) is 5.26 Å². The highest BCUT2D eigenvalue weighted by atomic mass is 19.1. The number of halogens is 1. The van der Waals surface area contributed by atoms with Crippen molar-refractivity contribution in [2.75, 3.05) is 26.3 Å². The molecule has 0 radical (unpaired) electrons. The van der Waals surface area contributed by atoms with Crippen molar-refractivity contribution in [1.29, 1.82) is 5.26 Å². The lowest BCUT2D eigenvalue weighted by atomic mass is 9.86. The molecule has 3 aliphatic rings. The van der Waals surface area contributed by atoms with Crippen molar-refractivity contribution in [3.63, 3.8) is 0 Å². The molecular weight excluding hydrogens is 419 g/mol. The molecule has 1 amide bonds. The monoisotopic (exact) mass is 446 g/mol. The number of ether oxygens (including phenoxy) is 1. The maximum Gasteiger partial charge on any atom is 0.254 e. The van der Waals surface area contributed by atoms with Gasteiger partial charge in [0, 0.05) is 5.56 Å². The number of rotatable bonds is 4. The number of amides is 1. The molecule has 2 fully saturated rings. The summed E-state index contributed by atoms with van der Waals surface area (Å²) in [5.74, 6) is 0.787. The number of nitrogens with one attached hydrogen (secondary N) is 1. The highest BCUT2D eigenvalue weighted by Crippen LogP contribution is 2.39. The van der Waals surface area contributed by atoms with Gasteiger partial charge in [0.1, 0.15) is 5.84 Å². The van der Waals surface area contributed by atoms with Crippen LogP contribution < -0.4 is 5.32 Å². The Morgan fingerprint density at radius 2 is 1.94 bits per heavy atom. The van der Waals surface area contributed by atoms with Gasteiger partial charge in [-0.1, -0.05) is 18.2 Å². The predicted octanol–water partition coefficient (Wildman–Crippen LogP) is 3.66. The van der Waals surface area contributed by atoms with E-state index < -0.39 is 5.67 Å². The first-order valence-electron chi connectivity index (χ1n) is 11.2. The van der Waals surface area contributed by atoms with Crippen molar-refractivity contribution in [3.05, 3.63) is 70.3 Å². The summed E-state index contributed by atoms with van der Waals surface area (Å²) in [4.78, 5) is 19.6. The fourth-order valence-corrected chi connectivity index (χ4v) is 4.80. The molecule has 2 aromatic rings. The molecule has 0 bridgehead atoms. The van der Waals surface area contributed by atoms with E-state index in [2.05, 4.69) is 19.2 Å². The van der Waals surface area contributed by atoms with Crippen LogP contribution in [-0.4, -0.2) is 49.0 Å². The Hall–Kier alpha value is -3.24. The Morgan fingerprint density at radius 3 is 2.55 bits per heavy atom. The quantitative estimate of drug-likeness (QED) is 0.778. The number of carbonyl (C=O) groups excluding carboxylic acids is 1. The van der Waals surface area contributed by atoms with Crippen molar-refractivity contribution in [2.45, 2.75) is 38.5 Å². The van der Waals surface area contributed by atoms with Crippen LogP contribution in [0.3, 0.4) is 0 Å². The van der Waals surface area contributed by atoms with Crippen LogP contribution in [0.4, 0.5) is 4.39 Å². The van der Waals surface area contributed by atoms with E-state index in [1.807, 2.05) is 25.1 Å². The first kappa shape index (κ1) is 21.6. The van der Waals surface area contributed by atoms with Crippen LogP contribution in [0.25, 0.3) is 0 Å². The fraction of sp³-hybridized carbons (Fsp3) is 0.423. The molecule has 170 valence electrons. The number of benzene rings is 2. The smallest absolute Gasteiger partial charge is 0.254 e. The van der Waals surface area contributed by atoms with Crippen LogP contribution in [0.5, 0.6) is 0 Å². The second kappa shape index (κ2) is 7.67. The molecule has 33 heavy (non-hydrogen) atoms. The number of aliphatic imine (C=N–C) groups is 1. The van der Waals surface area contributed by atoms with Crippen molar-refractivity contribution in [1.82, 2.24) is 10.2 Å². The van der Waals surface area contributed by atoms with Crippen molar-refractivity contribution in [2.24, 2.45) is 10.4 Å². The zero-order chi connectivity index (χ0) is 23.4. The number of alkyl halides is 1. The van der Waals surface area contributed by atoms with Crippen molar-refractivity contribution < 1.29 is 13.9 Å². The molecule has 0 spiro atoms. The zero-order valence-electron chi connectivity index (χ0n) is 19.1. The Morgan fingerprint density at radius 1 is 1.24 bits per heavy atom. The van der Waals surface area contributed by atoms with E-state index in [4.69, 9.17) is 15.0 Å². The second-order valence-corrected chi connectivity index (χ2v) is 9.80. The summed E-state index contributed by atoms with van der Waals surface area (Å²) in [6.45, 7) is 7.60. The van der Waals surface area contributed by atoms with Gasteiger partial charge in [-0.05, 0) is 61.7 Å². The van der Waals surface area contributed by atoms with Crippen LogP contribution in [0, 0.1) is 23.7 Å². The Bertz CT molecular complexity index is 1170. The summed E-state index contributed by atoms with van der Waals surface area (Å²) in [5, 5.41) is 12.4. The molecular formula is C26H27FN4O2. The molecule has 2 aromatic carbocycles.